The van der Waals surface area contributed by atoms with Gasteiger partial charge in [0.1, 0.15) is 17.8 Å². The van der Waals surface area contributed by atoms with Crippen LogP contribution in [0.5, 0.6) is 0 Å². The summed E-state index contributed by atoms with van der Waals surface area (Å²) >= 11 is 0. The Kier molecular flexibility index (Phi) is 3.46. The first-order valence-electron chi connectivity index (χ1n) is 7.46. The van der Waals surface area contributed by atoms with Crippen molar-refractivity contribution in [3.8, 4) is 22.5 Å². The highest BCUT2D eigenvalue weighted by molar-refractivity contribution is 5.94. The minimum absolute atomic E-state index is 0.0339. The molecule has 4 aromatic rings. The molecule has 0 atom stereocenters. The standard InChI is InChI=1S/C18H11FN4O2/c19-13-5-1-12(2-6-13)17-15-9-16(22-18(15)21-10-20-17)11-3-7-14(8-4-11)23(24)25/h1-10H,(H,20,21,22). The van der Waals surface area contributed by atoms with Crippen molar-refractivity contribution in [2.45, 2.75) is 0 Å². The van der Waals surface area contributed by atoms with E-state index in [2.05, 4.69) is 15.0 Å². The summed E-state index contributed by atoms with van der Waals surface area (Å²) in [4.78, 5) is 22.1. The van der Waals surface area contributed by atoms with E-state index < -0.39 is 4.92 Å². The molecule has 0 saturated carbocycles. The molecule has 0 amide bonds. The third kappa shape index (κ3) is 2.72. The maximum absolute atomic E-state index is 13.1. The van der Waals surface area contributed by atoms with Gasteiger partial charge in [-0.1, -0.05) is 0 Å². The maximum atomic E-state index is 13.1. The van der Waals surface area contributed by atoms with Gasteiger partial charge in [0, 0.05) is 28.8 Å². The second kappa shape index (κ2) is 5.79. The first-order valence-corrected chi connectivity index (χ1v) is 7.46. The molecule has 0 fully saturated rings. The van der Waals surface area contributed by atoms with E-state index in [4.69, 9.17) is 0 Å². The molecule has 0 unspecified atom stereocenters. The van der Waals surface area contributed by atoms with Crippen molar-refractivity contribution >= 4 is 16.7 Å². The average molecular weight is 334 g/mol. The fraction of sp³-hybridized carbons (Fsp3) is 0. The number of hydrogen-bond donors (Lipinski definition) is 1. The molecule has 2 aromatic heterocycles. The van der Waals surface area contributed by atoms with Crippen LogP contribution in [0.4, 0.5) is 10.1 Å². The summed E-state index contributed by atoms with van der Waals surface area (Å²) in [6.45, 7) is 0. The molecule has 4 rings (SSSR count). The lowest BCUT2D eigenvalue weighted by molar-refractivity contribution is -0.384. The molecule has 7 heteroatoms. The molecule has 0 spiro atoms. The first kappa shape index (κ1) is 14.9. The molecule has 1 N–H and O–H groups in total. The van der Waals surface area contributed by atoms with Crippen LogP contribution in [0.25, 0.3) is 33.5 Å². The second-order valence-electron chi connectivity index (χ2n) is 5.48. The quantitative estimate of drug-likeness (QED) is 0.446. The molecule has 122 valence electrons. The minimum atomic E-state index is -0.437. The molecule has 0 aliphatic carbocycles. The summed E-state index contributed by atoms with van der Waals surface area (Å²) in [6, 6.07) is 14.2. The smallest absolute Gasteiger partial charge is 0.269 e. The number of nitrogens with one attached hydrogen (secondary N) is 1. The predicted molar refractivity (Wildman–Crippen MR) is 91.4 cm³/mol. The van der Waals surface area contributed by atoms with Crippen LogP contribution >= 0.6 is 0 Å². The Morgan fingerprint density at radius 3 is 2.32 bits per heavy atom. The van der Waals surface area contributed by atoms with E-state index in [0.717, 1.165) is 22.2 Å². The van der Waals surface area contributed by atoms with Gasteiger partial charge in [-0.05, 0) is 48.0 Å². The summed E-state index contributed by atoms with van der Waals surface area (Å²) in [5, 5.41) is 11.6. The van der Waals surface area contributed by atoms with Crippen molar-refractivity contribution in [1.29, 1.82) is 0 Å². The number of halogens is 1. The van der Waals surface area contributed by atoms with E-state index in [9.17, 15) is 14.5 Å². The predicted octanol–water partition coefficient (Wildman–Crippen LogP) is 4.34. The Morgan fingerprint density at radius 1 is 0.960 bits per heavy atom. The van der Waals surface area contributed by atoms with Gasteiger partial charge in [0.15, 0.2) is 0 Å². The van der Waals surface area contributed by atoms with E-state index in [-0.39, 0.29) is 11.5 Å². The van der Waals surface area contributed by atoms with Gasteiger partial charge in [-0.25, -0.2) is 14.4 Å². The van der Waals surface area contributed by atoms with Crippen molar-refractivity contribution in [2.75, 3.05) is 0 Å². The number of H-pyrrole nitrogens is 1. The van der Waals surface area contributed by atoms with Gasteiger partial charge in [0.05, 0.1) is 10.6 Å². The van der Waals surface area contributed by atoms with Crippen LogP contribution in [0, 0.1) is 15.9 Å². The lowest BCUT2D eigenvalue weighted by Gasteiger charge is -2.01. The van der Waals surface area contributed by atoms with Gasteiger partial charge in [0.2, 0.25) is 0 Å². The molecule has 0 aliphatic rings. The van der Waals surface area contributed by atoms with E-state index in [1.54, 1.807) is 24.3 Å². The molecule has 25 heavy (non-hydrogen) atoms. The molecular formula is C18H11FN4O2. The van der Waals surface area contributed by atoms with Gasteiger partial charge in [0.25, 0.3) is 5.69 Å². The van der Waals surface area contributed by atoms with Gasteiger partial charge in [-0.3, -0.25) is 10.1 Å². The summed E-state index contributed by atoms with van der Waals surface area (Å²) in [7, 11) is 0. The van der Waals surface area contributed by atoms with Crippen molar-refractivity contribution < 1.29 is 9.31 Å². The topological polar surface area (TPSA) is 84.7 Å². The van der Waals surface area contributed by atoms with E-state index in [1.165, 1.54) is 30.6 Å². The lowest BCUT2D eigenvalue weighted by atomic mass is 10.1. The molecule has 6 nitrogen and oxygen atoms in total. The maximum Gasteiger partial charge on any atom is 0.269 e. The zero-order chi connectivity index (χ0) is 17.4. The van der Waals surface area contributed by atoms with Crippen molar-refractivity contribution in [3.63, 3.8) is 0 Å². The molecular weight excluding hydrogens is 323 g/mol. The van der Waals surface area contributed by atoms with E-state index in [0.29, 0.717) is 11.3 Å². The number of nitro groups is 1. The molecule has 0 bridgehead atoms. The average Bonchev–Trinajstić information content (AvgIpc) is 3.07. The van der Waals surface area contributed by atoms with E-state index >= 15 is 0 Å². The lowest BCUT2D eigenvalue weighted by Crippen LogP contribution is -1.87. The molecule has 2 aromatic carbocycles. The third-order valence-electron chi connectivity index (χ3n) is 3.93. The van der Waals surface area contributed by atoms with Gasteiger partial charge < -0.3 is 4.98 Å². The van der Waals surface area contributed by atoms with Crippen LogP contribution < -0.4 is 0 Å². The Labute approximate surface area is 141 Å². The number of non-ortho nitro benzene ring substituents is 1. The van der Waals surface area contributed by atoms with Crippen LogP contribution in [-0.4, -0.2) is 19.9 Å². The largest absolute Gasteiger partial charge is 0.339 e. The normalized spacial score (nSPS) is 10.9. The van der Waals surface area contributed by atoms with Crippen LogP contribution in [-0.2, 0) is 0 Å². The third-order valence-corrected chi connectivity index (χ3v) is 3.93. The highest BCUT2D eigenvalue weighted by Gasteiger charge is 2.12. The zero-order valence-corrected chi connectivity index (χ0v) is 12.8. The highest BCUT2D eigenvalue weighted by atomic mass is 19.1. The number of benzene rings is 2. The van der Waals surface area contributed by atoms with Crippen LogP contribution in [0.3, 0.4) is 0 Å². The monoisotopic (exact) mass is 334 g/mol. The Hall–Kier alpha value is -3.61. The fourth-order valence-electron chi connectivity index (χ4n) is 2.70. The van der Waals surface area contributed by atoms with Gasteiger partial charge in [-0.2, -0.15) is 0 Å². The number of aromatic nitrogens is 3. The zero-order valence-electron chi connectivity index (χ0n) is 12.8. The first-order chi connectivity index (χ1) is 12.1. The number of aromatic amines is 1. The number of nitrogens with zero attached hydrogens (tertiary/aromatic N) is 3. The van der Waals surface area contributed by atoms with Gasteiger partial charge in [-0.15, -0.1) is 0 Å². The fourth-order valence-corrected chi connectivity index (χ4v) is 2.70. The van der Waals surface area contributed by atoms with Crippen LogP contribution in [0.2, 0.25) is 0 Å². The summed E-state index contributed by atoms with van der Waals surface area (Å²) in [5.74, 6) is -0.310. The number of fused-ring (bicyclic) bond motifs is 1. The number of nitro benzene ring substituents is 1. The summed E-state index contributed by atoms with van der Waals surface area (Å²) < 4.78 is 13.1. The minimum Gasteiger partial charge on any atom is -0.339 e. The number of rotatable bonds is 3. The Balaban J connectivity index is 1.81. The van der Waals surface area contributed by atoms with E-state index in [1.807, 2.05) is 6.07 Å². The molecule has 2 heterocycles. The molecule has 0 aliphatic heterocycles. The Bertz CT molecular complexity index is 1070. The summed E-state index contributed by atoms with van der Waals surface area (Å²) in [5.41, 5.74) is 3.72. The van der Waals surface area contributed by atoms with Crippen molar-refractivity contribution in [1.82, 2.24) is 15.0 Å². The molecule has 0 radical (unpaired) electrons. The highest BCUT2D eigenvalue weighted by Crippen LogP contribution is 2.30. The van der Waals surface area contributed by atoms with Crippen LogP contribution in [0.15, 0.2) is 60.9 Å². The molecule has 0 saturated heterocycles. The SMILES string of the molecule is O=[N+]([O-])c1ccc(-c2cc3c(-c4ccc(F)cc4)ncnc3[nH]2)cc1. The van der Waals surface area contributed by atoms with Gasteiger partial charge >= 0.3 is 0 Å². The van der Waals surface area contributed by atoms with Crippen LogP contribution in [0.1, 0.15) is 0 Å². The van der Waals surface area contributed by atoms with Crippen molar-refractivity contribution in [3.05, 3.63) is 76.9 Å². The Morgan fingerprint density at radius 2 is 1.64 bits per heavy atom. The van der Waals surface area contributed by atoms with Crippen molar-refractivity contribution in [2.24, 2.45) is 0 Å². The number of hydrogen-bond acceptors (Lipinski definition) is 4. The second-order valence-corrected chi connectivity index (χ2v) is 5.48. The summed E-state index contributed by atoms with van der Waals surface area (Å²) in [6.07, 6.45) is 1.44.